The molecule has 24 heavy (non-hydrogen) atoms. The van der Waals surface area contributed by atoms with Crippen LogP contribution in [0.25, 0.3) is 0 Å². The van der Waals surface area contributed by atoms with Crippen LogP contribution >= 0.6 is 11.8 Å². The Labute approximate surface area is 149 Å². The molecule has 3 unspecified atom stereocenters. The van der Waals surface area contributed by atoms with Gasteiger partial charge in [0.05, 0.1) is 6.04 Å². The summed E-state index contributed by atoms with van der Waals surface area (Å²) in [5.74, 6) is 8.15. The SMILES string of the molecule is CCC(C)CSCCCC(=O)NC1C=CC(NC(=O)NN)=CC1C. The molecule has 5 N–H and O–H groups in total. The van der Waals surface area contributed by atoms with Gasteiger partial charge in [0, 0.05) is 18.0 Å². The zero-order chi connectivity index (χ0) is 17.9. The maximum absolute atomic E-state index is 12.0. The summed E-state index contributed by atoms with van der Waals surface area (Å²) in [6.07, 6.45) is 8.24. The summed E-state index contributed by atoms with van der Waals surface area (Å²) in [5.41, 5.74) is 2.70. The van der Waals surface area contributed by atoms with E-state index in [1.54, 1.807) is 6.08 Å². The van der Waals surface area contributed by atoms with Gasteiger partial charge in [0.2, 0.25) is 5.91 Å². The predicted molar refractivity (Wildman–Crippen MR) is 100 cm³/mol. The van der Waals surface area contributed by atoms with Gasteiger partial charge in [-0.3, -0.25) is 10.2 Å². The highest BCUT2D eigenvalue weighted by Gasteiger charge is 2.19. The number of hydrogen-bond donors (Lipinski definition) is 4. The van der Waals surface area contributed by atoms with Gasteiger partial charge in [-0.1, -0.05) is 39.3 Å². The van der Waals surface area contributed by atoms with Gasteiger partial charge < -0.3 is 10.6 Å². The average Bonchev–Trinajstić information content (AvgIpc) is 2.56. The molecule has 6 nitrogen and oxygen atoms in total. The zero-order valence-electron chi connectivity index (χ0n) is 14.8. The molecule has 7 heteroatoms. The van der Waals surface area contributed by atoms with Crippen LogP contribution in [0.2, 0.25) is 0 Å². The molecule has 0 aromatic heterocycles. The Morgan fingerprint density at radius 3 is 2.79 bits per heavy atom. The second-order valence-corrected chi connectivity index (χ2v) is 7.37. The van der Waals surface area contributed by atoms with Crippen molar-refractivity contribution < 1.29 is 9.59 Å². The summed E-state index contributed by atoms with van der Waals surface area (Å²) < 4.78 is 0. The fourth-order valence-electron chi connectivity index (χ4n) is 2.25. The summed E-state index contributed by atoms with van der Waals surface area (Å²) in [4.78, 5) is 23.2. The lowest BCUT2D eigenvalue weighted by Gasteiger charge is -2.24. The average molecular weight is 355 g/mol. The molecule has 0 radical (unpaired) electrons. The molecule has 0 saturated heterocycles. The van der Waals surface area contributed by atoms with Crippen LogP contribution in [0.3, 0.4) is 0 Å². The first-order chi connectivity index (χ1) is 11.5. The van der Waals surface area contributed by atoms with Crippen molar-refractivity contribution in [2.24, 2.45) is 17.7 Å². The number of nitrogens with one attached hydrogen (secondary N) is 3. The van der Waals surface area contributed by atoms with E-state index in [1.807, 2.05) is 36.3 Å². The van der Waals surface area contributed by atoms with Gasteiger partial charge in [0.25, 0.3) is 0 Å². The molecular weight excluding hydrogens is 324 g/mol. The molecule has 3 amide bonds. The molecule has 0 aromatic rings. The largest absolute Gasteiger partial charge is 0.349 e. The van der Waals surface area contributed by atoms with Crippen molar-refractivity contribution in [1.82, 2.24) is 16.1 Å². The molecule has 3 atom stereocenters. The smallest absolute Gasteiger partial charge is 0.333 e. The third-order valence-corrected chi connectivity index (χ3v) is 5.38. The highest BCUT2D eigenvalue weighted by molar-refractivity contribution is 7.99. The number of nitrogens with two attached hydrogens (primary N) is 1. The minimum Gasteiger partial charge on any atom is -0.349 e. The van der Waals surface area contributed by atoms with Crippen LogP contribution < -0.4 is 21.9 Å². The number of rotatable bonds is 9. The summed E-state index contributed by atoms with van der Waals surface area (Å²) >= 11 is 1.92. The van der Waals surface area contributed by atoms with E-state index in [2.05, 4.69) is 24.5 Å². The molecule has 0 aliphatic heterocycles. The van der Waals surface area contributed by atoms with E-state index < -0.39 is 6.03 Å². The highest BCUT2D eigenvalue weighted by Crippen LogP contribution is 2.16. The number of urea groups is 1. The Hall–Kier alpha value is -1.47. The van der Waals surface area contributed by atoms with Crippen molar-refractivity contribution in [2.45, 2.75) is 46.1 Å². The van der Waals surface area contributed by atoms with Gasteiger partial charge in [-0.05, 0) is 29.9 Å². The van der Waals surface area contributed by atoms with Crippen molar-refractivity contribution in [3.8, 4) is 0 Å². The lowest BCUT2D eigenvalue weighted by Crippen LogP contribution is -2.42. The normalized spacial score (nSPS) is 20.9. The summed E-state index contributed by atoms with van der Waals surface area (Å²) in [6.45, 7) is 6.46. The second-order valence-electron chi connectivity index (χ2n) is 6.22. The fraction of sp³-hybridized carbons (Fsp3) is 0.647. The Bertz CT molecular complexity index is 479. The number of hydrazine groups is 1. The van der Waals surface area contributed by atoms with Crippen LogP contribution in [0.4, 0.5) is 4.79 Å². The number of hydrogen-bond acceptors (Lipinski definition) is 4. The van der Waals surface area contributed by atoms with Gasteiger partial charge in [-0.2, -0.15) is 11.8 Å². The van der Waals surface area contributed by atoms with Crippen LogP contribution in [0.15, 0.2) is 23.9 Å². The van der Waals surface area contributed by atoms with Crippen molar-refractivity contribution in [3.05, 3.63) is 23.9 Å². The lowest BCUT2D eigenvalue weighted by molar-refractivity contribution is -0.121. The highest BCUT2D eigenvalue weighted by atomic mass is 32.2. The third kappa shape index (κ3) is 7.88. The van der Waals surface area contributed by atoms with Crippen LogP contribution in [-0.4, -0.2) is 29.5 Å². The maximum Gasteiger partial charge on any atom is 0.333 e. The first-order valence-corrected chi connectivity index (χ1v) is 9.66. The number of carbonyl (C=O) groups is 2. The summed E-state index contributed by atoms with van der Waals surface area (Å²) in [5, 5.41) is 5.65. The van der Waals surface area contributed by atoms with Crippen molar-refractivity contribution in [1.29, 1.82) is 0 Å². The predicted octanol–water partition coefficient (Wildman–Crippen LogP) is 2.29. The Kier molecular flexibility index (Phi) is 9.56. The first-order valence-electron chi connectivity index (χ1n) is 8.51. The fourth-order valence-corrected chi connectivity index (χ4v) is 3.40. The Balaban J connectivity index is 2.26. The molecule has 0 fully saturated rings. The van der Waals surface area contributed by atoms with Crippen molar-refractivity contribution in [3.63, 3.8) is 0 Å². The van der Waals surface area contributed by atoms with Crippen molar-refractivity contribution in [2.75, 3.05) is 11.5 Å². The topological polar surface area (TPSA) is 96.2 Å². The van der Waals surface area contributed by atoms with Crippen LogP contribution in [-0.2, 0) is 4.79 Å². The van der Waals surface area contributed by atoms with Gasteiger partial charge in [-0.15, -0.1) is 0 Å². The van der Waals surface area contributed by atoms with Crippen LogP contribution in [0.5, 0.6) is 0 Å². The van der Waals surface area contributed by atoms with Gasteiger partial charge in [0.1, 0.15) is 0 Å². The molecule has 0 saturated carbocycles. The minimum atomic E-state index is -0.463. The van der Waals surface area contributed by atoms with Crippen LogP contribution in [0.1, 0.15) is 40.0 Å². The maximum atomic E-state index is 12.0. The molecule has 1 aliphatic carbocycles. The molecule has 0 spiro atoms. The van der Waals surface area contributed by atoms with E-state index in [-0.39, 0.29) is 17.9 Å². The number of allylic oxidation sites excluding steroid dienone is 1. The summed E-state index contributed by atoms with van der Waals surface area (Å²) in [6, 6.07) is -0.507. The number of carbonyl (C=O) groups excluding carboxylic acids is 2. The monoisotopic (exact) mass is 354 g/mol. The van der Waals surface area contributed by atoms with Crippen molar-refractivity contribution >= 4 is 23.7 Å². The van der Waals surface area contributed by atoms with E-state index in [9.17, 15) is 9.59 Å². The number of amides is 3. The minimum absolute atomic E-state index is 0.0447. The van der Waals surface area contributed by atoms with E-state index in [1.165, 1.54) is 6.42 Å². The molecule has 0 heterocycles. The second kappa shape index (κ2) is 11.1. The molecule has 136 valence electrons. The molecular formula is C17H30N4O2S. The molecule has 0 bridgehead atoms. The molecule has 1 rings (SSSR count). The van der Waals surface area contributed by atoms with E-state index in [4.69, 9.17) is 5.84 Å². The molecule has 0 aromatic carbocycles. The van der Waals surface area contributed by atoms with E-state index >= 15 is 0 Å². The third-order valence-electron chi connectivity index (χ3n) is 4.00. The van der Waals surface area contributed by atoms with Crippen LogP contribution in [0, 0.1) is 11.8 Å². The van der Waals surface area contributed by atoms with Gasteiger partial charge >= 0.3 is 6.03 Å². The van der Waals surface area contributed by atoms with E-state index in [0.717, 1.165) is 23.8 Å². The standard InChI is InChI=1S/C17H30N4O2S/c1-4-12(2)11-24-9-5-6-16(22)20-15-8-7-14(10-13(15)3)19-17(23)21-18/h7-8,10,12-13,15H,4-6,9,11,18H2,1-3H3,(H,20,22)(H2,19,21,23). The Morgan fingerprint density at radius 2 is 2.17 bits per heavy atom. The molecule has 1 aliphatic rings. The van der Waals surface area contributed by atoms with E-state index in [0.29, 0.717) is 12.1 Å². The summed E-state index contributed by atoms with van der Waals surface area (Å²) in [7, 11) is 0. The van der Waals surface area contributed by atoms with Gasteiger partial charge in [-0.25, -0.2) is 10.6 Å². The Morgan fingerprint density at radius 1 is 1.42 bits per heavy atom. The quantitative estimate of drug-likeness (QED) is 0.221. The zero-order valence-corrected chi connectivity index (χ0v) is 15.6. The number of thioether (sulfide) groups is 1. The van der Waals surface area contributed by atoms with Gasteiger partial charge in [0.15, 0.2) is 0 Å². The first kappa shape index (κ1) is 20.6. The lowest BCUT2D eigenvalue weighted by atomic mass is 9.95.